The fourth-order valence-corrected chi connectivity index (χ4v) is 5.61. The first-order chi connectivity index (χ1) is 18.4. The van der Waals surface area contributed by atoms with Gasteiger partial charge in [0.05, 0.1) is 18.7 Å². The first-order valence-corrected chi connectivity index (χ1v) is 12.0. The summed E-state index contributed by atoms with van der Waals surface area (Å²) >= 11 is 0. The second kappa shape index (κ2) is 8.13. The number of hydrogen-bond acceptors (Lipinski definition) is 5. The molecule has 1 atom stereocenters. The van der Waals surface area contributed by atoms with Gasteiger partial charge in [0.25, 0.3) is 0 Å². The van der Waals surface area contributed by atoms with Crippen LogP contribution in [0, 0.1) is 0 Å². The van der Waals surface area contributed by atoms with E-state index in [1.807, 2.05) is 36.4 Å². The number of halogens is 3. The quantitative estimate of drug-likeness (QED) is 0.330. The van der Waals surface area contributed by atoms with Crippen LogP contribution < -0.4 is 14.4 Å². The van der Waals surface area contributed by atoms with Crippen LogP contribution in [0.3, 0.4) is 0 Å². The molecule has 3 aromatic carbocycles. The fourth-order valence-electron chi connectivity index (χ4n) is 5.61. The molecule has 38 heavy (non-hydrogen) atoms. The Hall–Kier alpha value is -4.24. The molecule has 3 aliphatic heterocycles. The van der Waals surface area contributed by atoms with Gasteiger partial charge in [0.1, 0.15) is 35.0 Å². The molecule has 0 radical (unpaired) electrons. The van der Waals surface area contributed by atoms with Crippen LogP contribution in [0.1, 0.15) is 28.0 Å². The summed E-state index contributed by atoms with van der Waals surface area (Å²) in [6.07, 6.45) is -4.52. The highest BCUT2D eigenvalue weighted by atomic mass is 19.4. The molecule has 1 unspecified atom stereocenters. The van der Waals surface area contributed by atoms with Crippen LogP contribution in [0.5, 0.6) is 11.5 Å². The maximum Gasteiger partial charge on any atom is 0.417 e. The predicted molar refractivity (Wildman–Crippen MR) is 130 cm³/mol. The summed E-state index contributed by atoms with van der Waals surface area (Å²) in [5.74, 6) is 1.51. The lowest BCUT2D eigenvalue weighted by atomic mass is 9.77. The van der Waals surface area contributed by atoms with Crippen molar-refractivity contribution < 1.29 is 36.6 Å². The molecule has 4 heterocycles. The normalized spacial score (nSPS) is 19.7. The van der Waals surface area contributed by atoms with Crippen molar-refractivity contribution in [2.24, 2.45) is 0 Å². The van der Waals surface area contributed by atoms with E-state index in [2.05, 4.69) is 0 Å². The van der Waals surface area contributed by atoms with Crippen LogP contribution in [-0.2, 0) is 34.3 Å². The second-order valence-electron chi connectivity index (χ2n) is 9.48. The van der Waals surface area contributed by atoms with E-state index < -0.39 is 17.2 Å². The van der Waals surface area contributed by atoms with Gasteiger partial charge in [0, 0.05) is 22.4 Å². The average molecular weight is 519 g/mol. The zero-order valence-corrected chi connectivity index (χ0v) is 19.9. The SMILES string of the molecule is O=C1N(Cc2ccc(-c3ccccc3C(F)(F)F)o2)c2ccccc2C12COc1cc3c(cc12)OCOC3. The van der Waals surface area contributed by atoms with Gasteiger partial charge >= 0.3 is 6.18 Å². The van der Waals surface area contributed by atoms with E-state index >= 15 is 0 Å². The minimum absolute atomic E-state index is 0.0520. The topological polar surface area (TPSA) is 61.1 Å². The molecule has 7 rings (SSSR count). The Morgan fingerprint density at radius 2 is 1.71 bits per heavy atom. The van der Waals surface area contributed by atoms with Crippen molar-refractivity contribution in [3.63, 3.8) is 0 Å². The summed E-state index contributed by atoms with van der Waals surface area (Å²) in [6, 6.07) is 19.6. The summed E-state index contributed by atoms with van der Waals surface area (Å²) in [5, 5.41) is 0. The summed E-state index contributed by atoms with van der Waals surface area (Å²) in [5.41, 5.74) is 1.17. The highest BCUT2D eigenvalue weighted by Crippen LogP contribution is 2.54. The molecule has 0 N–H and O–H groups in total. The van der Waals surface area contributed by atoms with E-state index in [1.54, 1.807) is 11.0 Å². The smallest absolute Gasteiger partial charge is 0.417 e. The molecule has 0 saturated heterocycles. The standard InChI is InChI=1S/C29H20F3NO5/c30-29(31,32)20-6-2-1-5-19(20)24-10-9-18(38-24)13-33-23-8-4-3-7-21(23)28(27(33)34)15-36-26-11-17-14-35-16-37-25(17)12-22(26)28/h1-12H,13-16H2. The van der Waals surface area contributed by atoms with Gasteiger partial charge in [-0.05, 0) is 42.0 Å². The number of benzene rings is 3. The molecular weight excluding hydrogens is 499 g/mol. The van der Waals surface area contributed by atoms with Crippen LogP contribution in [-0.4, -0.2) is 19.3 Å². The minimum atomic E-state index is -4.52. The molecule has 1 spiro atoms. The van der Waals surface area contributed by atoms with Crippen LogP contribution in [0.2, 0.25) is 0 Å². The lowest BCUT2D eigenvalue weighted by molar-refractivity contribution is -0.137. The summed E-state index contributed by atoms with van der Waals surface area (Å²) in [4.78, 5) is 15.8. The number of hydrogen-bond donors (Lipinski definition) is 0. The van der Waals surface area contributed by atoms with Crippen molar-refractivity contribution in [3.05, 3.63) is 101 Å². The van der Waals surface area contributed by atoms with E-state index in [1.165, 1.54) is 24.3 Å². The molecule has 3 aliphatic rings. The van der Waals surface area contributed by atoms with E-state index in [0.29, 0.717) is 29.6 Å². The van der Waals surface area contributed by atoms with Gasteiger partial charge in [0.2, 0.25) is 5.91 Å². The van der Waals surface area contributed by atoms with Crippen LogP contribution in [0.15, 0.2) is 77.2 Å². The van der Waals surface area contributed by atoms with Crippen LogP contribution in [0.4, 0.5) is 18.9 Å². The number of carbonyl (C=O) groups is 1. The molecule has 0 aliphatic carbocycles. The molecular formula is C29H20F3NO5. The maximum atomic E-state index is 14.2. The molecule has 1 amide bonds. The van der Waals surface area contributed by atoms with Gasteiger partial charge in [-0.3, -0.25) is 4.79 Å². The van der Waals surface area contributed by atoms with E-state index in [0.717, 1.165) is 22.8 Å². The Morgan fingerprint density at radius 3 is 2.58 bits per heavy atom. The predicted octanol–water partition coefficient (Wildman–Crippen LogP) is 6.06. The molecule has 4 aromatic rings. The number of rotatable bonds is 3. The van der Waals surface area contributed by atoms with Crippen molar-refractivity contribution in [3.8, 4) is 22.8 Å². The van der Waals surface area contributed by atoms with E-state index in [-0.39, 0.29) is 37.2 Å². The molecule has 9 heteroatoms. The Kier molecular flexibility index (Phi) is 4.90. The first kappa shape index (κ1) is 22.9. The van der Waals surface area contributed by atoms with Crippen LogP contribution in [0.25, 0.3) is 11.3 Å². The number of amides is 1. The number of alkyl halides is 3. The molecule has 1 aromatic heterocycles. The second-order valence-corrected chi connectivity index (χ2v) is 9.48. The van der Waals surface area contributed by atoms with Crippen molar-refractivity contribution in [2.45, 2.75) is 24.7 Å². The number of nitrogens with zero attached hydrogens (tertiary/aromatic N) is 1. The lowest BCUT2D eigenvalue weighted by Gasteiger charge is -2.24. The Morgan fingerprint density at radius 1 is 0.895 bits per heavy atom. The summed E-state index contributed by atoms with van der Waals surface area (Å²) in [7, 11) is 0. The highest BCUT2D eigenvalue weighted by molar-refractivity contribution is 6.11. The zero-order chi connectivity index (χ0) is 26.1. The molecule has 0 fully saturated rings. The number of ether oxygens (including phenoxy) is 3. The monoisotopic (exact) mass is 519 g/mol. The number of fused-ring (bicyclic) bond motifs is 5. The van der Waals surface area contributed by atoms with Crippen molar-refractivity contribution in [1.82, 2.24) is 0 Å². The van der Waals surface area contributed by atoms with E-state index in [9.17, 15) is 18.0 Å². The maximum absolute atomic E-state index is 14.2. The Labute approximate surface area is 215 Å². The summed E-state index contributed by atoms with van der Waals surface area (Å²) < 4.78 is 63.6. The van der Waals surface area contributed by atoms with Crippen molar-refractivity contribution in [2.75, 3.05) is 18.3 Å². The van der Waals surface area contributed by atoms with Gasteiger partial charge in [-0.1, -0.05) is 36.4 Å². The largest absolute Gasteiger partial charge is 0.491 e. The molecule has 192 valence electrons. The summed E-state index contributed by atoms with van der Waals surface area (Å²) in [6.45, 7) is 0.708. The number of furan rings is 1. The van der Waals surface area contributed by atoms with Crippen molar-refractivity contribution in [1.29, 1.82) is 0 Å². The Bertz CT molecular complexity index is 1590. The lowest BCUT2D eigenvalue weighted by Crippen LogP contribution is -2.42. The molecule has 6 nitrogen and oxygen atoms in total. The van der Waals surface area contributed by atoms with Gasteiger partial charge in [-0.25, -0.2) is 0 Å². The number of carbonyl (C=O) groups excluding carboxylic acids is 1. The first-order valence-electron chi connectivity index (χ1n) is 12.0. The zero-order valence-electron chi connectivity index (χ0n) is 19.9. The third kappa shape index (κ3) is 3.28. The van der Waals surface area contributed by atoms with E-state index in [4.69, 9.17) is 18.6 Å². The van der Waals surface area contributed by atoms with Gasteiger partial charge < -0.3 is 23.5 Å². The highest BCUT2D eigenvalue weighted by Gasteiger charge is 2.57. The average Bonchev–Trinajstić information content (AvgIpc) is 3.60. The Balaban J connectivity index is 1.27. The molecule has 0 saturated carbocycles. The van der Waals surface area contributed by atoms with Gasteiger partial charge in [-0.2, -0.15) is 13.2 Å². The molecule has 0 bridgehead atoms. The number of anilines is 1. The van der Waals surface area contributed by atoms with Gasteiger partial charge in [0.15, 0.2) is 6.79 Å². The number of para-hydroxylation sites is 1. The fraction of sp³-hybridized carbons (Fsp3) is 0.207. The minimum Gasteiger partial charge on any atom is -0.491 e. The third-order valence-corrected chi connectivity index (χ3v) is 7.36. The third-order valence-electron chi connectivity index (χ3n) is 7.36. The van der Waals surface area contributed by atoms with Crippen molar-refractivity contribution >= 4 is 11.6 Å². The van der Waals surface area contributed by atoms with Crippen LogP contribution >= 0.6 is 0 Å². The van der Waals surface area contributed by atoms with Gasteiger partial charge in [-0.15, -0.1) is 0 Å².